The van der Waals surface area contributed by atoms with Crippen LogP contribution in [-0.2, 0) is 0 Å². The first kappa shape index (κ1) is 21.4. The molecule has 0 radical (unpaired) electrons. The minimum Gasteiger partial charge on any atom is -0.508 e. The van der Waals surface area contributed by atoms with Gasteiger partial charge in [0.05, 0.1) is 26.4 Å². The lowest BCUT2D eigenvalue weighted by Crippen LogP contribution is -2.01. The van der Waals surface area contributed by atoms with Crippen LogP contribution in [0.15, 0.2) is 54.6 Å². The standard InChI is InChI=1S/C25H28O5/c1-16(2)13-14-30-20-11-7-17(8-12-20)21-15-22(28-3)23(24(27)25(21)29-4)18-5-9-19(26)10-6-18/h5-12,15-16,26-27H,13-14H2,1-4H3. The number of hydrogen-bond acceptors (Lipinski definition) is 5. The largest absolute Gasteiger partial charge is 0.508 e. The number of ether oxygens (including phenoxy) is 3. The number of methoxy groups -OCH3 is 2. The maximum Gasteiger partial charge on any atom is 0.170 e. The molecule has 0 saturated heterocycles. The van der Waals surface area contributed by atoms with E-state index in [0.717, 1.165) is 17.7 Å². The van der Waals surface area contributed by atoms with Gasteiger partial charge in [-0.2, -0.15) is 0 Å². The van der Waals surface area contributed by atoms with Crippen LogP contribution in [0.1, 0.15) is 20.3 Å². The van der Waals surface area contributed by atoms with Crippen molar-refractivity contribution in [2.24, 2.45) is 5.92 Å². The number of benzene rings is 3. The fourth-order valence-corrected chi connectivity index (χ4v) is 3.26. The summed E-state index contributed by atoms with van der Waals surface area (Å²) in [6.07, 6.45) is 0.999. The van der Waals surface area contributed by atoms with E-state index >= 15 is 0 Å². The molecule has 158 valence electrons. The molecule has 5 heteroatoms. The van der Waals surface area contributed by atoms with Gasteiger partial charge in [-0.25, -0.2) is 0 Å². The Balaban J connectivity index is 1.99. The van der Waals surface area contributed by atoms with Gasteiger partial charge in [-0.1, -0.05) is 38.1 Å². The summed E-state index contributed by atoms with van der Waals surface area (Å²) in [7, 11) is 3.08. The second kappa shape index (κ2) is 9.44. The van der Waals surface area contributed by atoms with Crippen LogP contribution in [0.5, 0.6) is 28.7 Å². The van der Waals surface area contributed by atoms with Crippen molar-refractivity contribution in [3.05, 3.63) is 54.6 Å². The first-order chi connectivity index (χ1) is 14.4. The molecule has 5 nitrogen and oxygen atoms in total. The number of phenolic OH excluding ortho intramolecular Hbond substituents is 2. The molecule has 0 aromatic heterocycles. The zero-order valence-corrected chi connectivity index (χ0v) is 17.8. The van der Waals surface area contributed by atoms with E-state index in [2.05, 4.69) is 13.8 Å². The third-order valence-corrected chi connectivity index (χ3v) is 4.93. The molecule has 0 bridgehead atoms. The fourth-order valence-electron chi connectivity index (χ4n) is 3.26. The average Bonchev–Trinajstić information content (AvgIpc) is 2.74. The molecule has 0 aliphatic rings. The molecule has 3 aromatic rings. The summed E-state index contributed by atoms with van der Waals surface area (Å²) in [5.41, 5.74) is 2.80. The van der Waals surface area contributed by atoms with Crippen molar-refractivity contribution in [1.82, 2.24) is 0 Å². The topological polar surface area (TPSA) is 68.2 Å². The normalized spacial score (nSPS) is 10.8. The molecule has 0 amide bonds. The molecule has 3 rings (SSSR count). The maximum atomic E-state index is 11.0. The van der Waals surface area contributed by atoms with E-state index in [-0.39, 0.29) is 11.5 Å². The Hall–Kier alpha value is -3.34. The lowest BCUT2D eigenvalue weighted by Gasteiger charge is -2.18. The van der Waals surface area contributed by atoms with Crippen LogP contribution in [0.25, 0.3) is 22.3 Å². The predicted octanol–water partition coefficient (Wildman–Crippen LogP) is 5.87. The van der Waals surface area contributed by atoms with Gasteiger partial charge in [-0.15, -0.1) is 0 Å². The first-order valence-electron chi connectivity index (χ1n) is 9.95. The highest BCUT2D eigenvalue weighted by molar-refractivity contribution is 5.87. The molecule has 0 saturated carbocycles. The van der Waals surface area contributed by atoms with E-state index in [0.29, 0.717) is 40.7 Å². The van der Waals surface area contributed by atoms with Crippen LogP contribution in [0.3, 0.4) is 0 Å². The van der Waals surface area contributed by atoms with Gasteiger partial charge in [0.2, 0.25) is 0 Å². The van der Waals surface area contributed by atoms with Crippen LogP contribution in [0, 0.1) is 5.92 Å². The molecule has 0 unspecified atom stereocenters. The Bertz CT molecular complexity index is 976. The van der Waals surface area contributed by atoms with Gasteiger partial charge in [0.25, 0.3) is 0 Å². The number of phenols is 2. The van der Waals surface area contributed by atoms with Crippen molar-refractivity contribution < 1.29 is 24.4 Å². The smallest absolute Gasteiger partial charge is 0.170 e. The number of aromatic hydroxyl groups is 2. The van der Waals surface area contributed by atoms with Crippen molar-refractivity contribution in [2.75, 3.05) is 20.8 Å². The Morgan fingerprint density at radius 3 is 2.03 bits per heavy atom. The highest BCUT2D eigenvalue weighted by Crippen LogP contribution is 2.49. The van der Waals surface area contributed by atoms with Gasteiger partial charge in [-0.3, -0.25) is 0 Å². The summed E-state index contributed by atoms with van der Waals surface area (Å²) in [6.45, 7) is 5.01. The second-order valence-electron chi connectivity index (χ2n) is 7.49. The molecule has 30 heavy (non-hydrogen) atoms. The monoisotopic (exact) mass is 408 g/mol. The van der Waals surface area contributed by atoms with Crippen LogP contribution in [0.2, 0.25) is 0 Å². The Labute approximate surface area is 177 Å². The van der Waals surface area contributed by atoms with Gasteiger partial charge in [-0.05, 0) is 53.8 Å². The van der Waals surface area contributed by atoms with E-state index in [4.69, 9.17) is 14.2 Å². The molecule has 0 aliphatic carbocycles. The van der Waals surface area contributed by atoms with Crippen LogP contribution < -0.4 is 14.2 Å². The van der Waals surface area contributed by atoms with Gasteiger partial charge in [0, 0.05) is 5.56 Å². The van der Waals surface area contributed by atoms with Crippen molar-refractivity contribution in [3.8, 4) is 51.0 Å². The summed E-state index contributed by atoms with van der Waals surface area (Å²) in [5, 5.41) is 20.6. The summed E-state index contributed by atoms with van der Waals surface area (Å²) in [6, 6.07) is 16.1. The van der Waals surface area contributed by atoms with E-state index in [9.17, 15) is 10.2 Å². The fraction of sp³-hybridized carbons (Fsp3) is 0.280. The van der Waals surface area contributed by atoms with Crippen LogP contribution in [-0.4, -0.2) is 31.0 Å². The summed E-state index contributed by atoms with van der Waals surface area (Å²) in [5.74, 6) is 2.39. The highest BCUT2D eigenvalue weighted by atomic mass is 16.5. The summed E-state index contributed by atoms with van der Waals surface area (Å²) < 4.78 is 16.9. The Morgan fingerprint density at radius 1 is 0.833 bits per heavy atom. The summed E-state index contributed by atoms with van der Waals surface area (Å²) >= 11 is 0. The molecule has 0 aliphatic heterocycles. The van der Waals surface area contributed by atoms with Crippen LogP contribution >= 0.6 is 0 Å². The molecule has 2 N–H and O–H groups in total. The average molecular weight is 408 g/mol. The lowest BCUT2D eigenvalue weighted by molar-refractivity contribution is 0.289. The van der Waals surface area contributed by atoms with E-state index in [1.54, 1.807) is 31.4 Å². The van der Waals surface area contributed by atoms with Crippen LogP contribution in [0.4, 0.5) is 0 Å². The first-order valence-corrected chi connectivity index (χ1v) is 9.95. The summed E-state index contributed by atoms with van der Waals surface area (Å²) in [4.78, 5) is 0. The minimum atomic E-state index is -0.0187. The van der Waals surface area contributed by atoms with Gasteiger partial charge in [0.15, 0.2) is 11.5 Å². The molecule has 0 fully saturated rings. The minimum absolute atomic E-state index is 0.0187. The van der Waals surface area contributed by atoms with Gasteiger partial charge >= 0.3 is 0 Å². The van der Waals surface area contributed by atoms with E-state index in [1.165, 1.54) is 7.11 Å². The van der Waals surface area contributed by atoms with Crippen molar-refractivity contribution in [2.45, 2.75) is 20.3 Å². The molecule has 0 heterocycles. The molecule has 0 spiro atoms. The SMILES string of the molecule is COc1cc(-c2ccc(OCCC(C)C)cc2)c(OC)c(O)c1-c1ccc(O)cc1. The zero-order chi connectivity index (χ0) is 21.7. The van der Waals surface area contributed by atoms with Crippen molar-refractivity contribution in [1.29, 1.82) is 0 Å². The Kier molecular flexibility index (Phi) is 6.72. The zero-order valence-electron chi connectivity index (χ0n) is 17.8. The van der Waals surface area contributed by atoms with Gasteiger partial charge in [0.1, 0.15) is 17.2 Å². The van der Waals surface area contributed by atoms with E-state index in [1.807, 2.05) is 30.3 Å². The molecular weight excluding hydrogens is 380 g/mol. The van der Waals surface area contributed by atoms with Gasteiger partial charge < -0.3 is 24.4 Å². The van der Waals surface area contributed by atoms with E-state index < -0.39 is 0 Å². The molecule has 3 aromatic carbocycles. The maximum absolute atomic E-state index is 11.0. The lowest BCUT2D eigenvalue weighted by atomic mass is 9.96. The molecular formula is C25H28O5. The third-order valence-electron chi connectivity index (χ3n) is 4.93. The predicted molar refractivity (Wildman–Crippen MR) is 119 cm³/mol. The second-order valence-corrected chi connectivity index (χ2v) is 7.49. The highest BCUT2D eigenvalue weighted by Gasteiger charge is 2.21. The van der Waals surface area contributed by atoms with Crippen molar-refractivity contribution >= 4 is 0 Å². The quantitative estimate of drug-likeness (QED) is 0.488. The number of rotatable bonds is 8. The third kappa shape index (κ3) is 4.62. The number of hydrogen-bond donors (Lipinski definition) is 2. The van der Waals surface area contributed by atoms with Crippen molar-refractivity contribution in [3.63, 3.8) is 0 Å². The molecule has 0 atom stereocenters. The Morgan fingerprint density at radius 2 is 1.47 bits per heavy atom.